The Kier molecular flexibility index (Phi) is 6.96. The van der Waals surface area contributed by atoms with Crippen molar-refractivity contribution in [2.45, 2.75) is 65.3 Å². The maximum absolute atomic E-state index is 12.1. The van der Waals surface area contributed by atoms with Crippen LogP contribution in [0.15, 0.2) is 24.3 Å². The van der Waals surface area contributed by atoms with Crippen LogP contribution in [-0.4, -0.2) is 40.9 Å². The molecule has 0 atom stereocenters. The van der Waals surface area contributed by atoms with Crippen molar-refractivity contribution in [1.29, 1.82) is 0 Å². The summed E-state index contributed by atoms with van der Waals surface area (Å²) in [5, 5.41) is 5.52. The highest BCUT2D eigenvalue weighted by Gasteiger charge is 2.43. The molecule has 0 aromatic heterocycles. The number of imide groups is 1. The Hall–Kier alpha value is -2.41. The van der Waals surface area contributed by atoms with Crippen molar-refractivity contribution in [1.82, 2.24) is 15.5 Å². The molecule has 2 N–H and O–H groups in total. The second-order valence-corrected chi connectivity index (χ2v) is 7.52. The lowest BCUT2D eigenvalue weighted by Gasteiger charge is -2.16. The minimum absolute atomic E-state index is 0.110. The van der Waals surface area contributed by atoms with Gasteiger partial charge < -0.3 is 15.4 Å². The summed E-state index contributed by atoms with van der Waals surface area (Å²) in [6.45, 7) is 8.47. The second kappa shape index (κ2) is 8.99. The van der Waals surface area contributed by atoms with Crippen molar-refractivity contribution >= 4 is 17.8 Å². The molecule has 0 radical (unpaired) electrons. The van der Waals surface area contributed by atoms with Gasteiger partial charge in [0, 0.05) is 19.5 Å². The molecule has 27 heavy (non-hydrogen) atoms. The van der Waals surface area contributed by atoms with Crippen LogP contribution in [-0.2, 0) is 27.5 Å². The Morgan fingerprint density at radius 2 is 1.89 bits per heavy atom. The number of ether oxygens (including phenoxy) is 1. The van der Waals surface area contributed by atoms with Gasteiger partial charge in [-0.2, -0.15) is 0 Å². The Balaban J connectivity index is 1.77. The molecule has 0 unspecified atom stereocenters. The van der Waals surface area contributed by atoms with Crippen LogP contribution < -0.4 is 10.6 Å². The molecule has 1 aromatic carbocycles. The number of carbonyl (C=O) groups excluding carboxylic acids is 3. The molecule has 1 aliphatic heterocycles. The molecule has 1 saturated heterocycles. The van der Waals surface area contributed by atoms with E-state index in [0.717, 1.165) is 11.1 Å². The number of hydrogen-bond donors (Lipinski definition) is 2. The highest BCUT2D eigenvalue weighted by molar-refractivity contribution is 6.06. The van der Waals surface area contributed by atoms with Crippen molar-refractivity contribution in [2.75, 3.05) is 6.54 Å². The number of hydrogen-bond acceptors (Lipinski definition) is 4. The van der Waals surface area contributed by atoms with E-state index in [2.05, 4.69) is 10.6 Å². The van der Waals surface area contributed by atoms with Gasteiger partial charge >= 0.3 is 6.03 Å². The molecule has 7 heteroatoms. The van der Waals surface area contributed by atoms with E-state index >= 15 is 0 Å². The first-order valence-corrected chi connectivity index (χ1v) is 9.30. The van der Waals surface area contributed by atoms with E-state index in [1.165, 1.54) is 4.90 Å². The van der Waals surface area contributed by atoms with Gasteiger partial charge in [0.25, 0.3) is 5.91 Å². The fraction of sp³-hybridized carbons (Fsp3) is 0.550. The topological polar surface area (TPSA) is 87.7 Å². The molecule has 0 spiro atoms. The summed E-state index contributed by atoms with van der Waals surface area (Å²) in [5.41, 5.74) is 1.19. The van der Waals surface area contributed by atoms with Gasteiger partial charge in [-0.3, -0.25) is 14.5 Å². The first-order chi connectivity index (χ1) is 12.7. The van der Waals surface area contributed by atoms with Gasteiger partial charge in [0.05, 0.1) is 12.7 Å². The number of carbonyl (C=O) groups is 3. The van der Waals surface area contributed by atoms with Crippen molar-refractivity contribution in [3.63, 3.8) is 0 Å². The summed E-state index contributed by atoms with van der Waals surface area (Å²) < 4.78 is 5.65. The summed E-state index contributed by atoms with van der Waals surface area (Å²) in [5.74, 6) is -0.368. The van der Waals surface area contributed by atoms with E-state index in [1.807, 2.05) is 38.1 Å². The van der Waals surface area contributed by atoms with Gasteiger partial charge in [-0.15, -0.1) is 0 Å². The second-order valence-electron chi connectivity index (χ2n) is 7.52. The Labute approximate surface area is 160 Å². The third kappa shape index (κ3) is 5.79. The summed E-state index contributed by atoms with van der Waals surface area (Å²) in [6.07, 6.45) is 0.824. The van der Waals surface area contributed by atoms with Crippen LogP contribution in [0.25, 0.3) is 0 Å². The molecule has 1 aromatic rings. The highest BCUT2D eigenvalue weighted by atomic mass is 16.5. The zero-order chi connectivity index (χ0) is 20.0. The molecule has 1 heterocycles. The molecule has 1 aliphatic rings. The predicted molar refractivity (Wildman–Crippen MR) is 102 cm³/mol. The molecule has 1 fully saturated rings. The fourth-order valence-corrected chi connectivity index (χ4v) is 2.83. The summed E-state index contributed by atoms with van der Waals surface area (Å²) in [7, 11) is 0. The standard InChI is InChI=1S/C20H29N3O4/c1-14(2)27-13-16-9-6-5-8-15(16)12-21-17(24)10-7-11-23-18(25)20(3,4)22-19(23)26/h5-6,8-9,14H,7,10-13H2,1-4H3,(H,21,24)(H,22,26). The lowest BCUT2D eigenvalue weighted by Crippen LogP contribution is -2.40. The van der Waals surface area contributed by atoms with Gasteiger partial charge in [-0.1, -0.05) is 24.3 Å². The quantitative estimate of drug-likeness (QED) is 0.649. The maximum Gasteiger partial charge on any atom is 0.325 e. The number of amides is 4. The van der Waals surface area contributed by atoms with Gasteiger partial charge in [0.1, 0.15) is 5.54 Å². The lowest BCUT2D eigenvalue weighted by atomic mass is 10.1. The van der Waals surface area contributed by atoms with E-state index in [0.29, 0.717) is 19.6 Å². The SMILES string of the molecule is CC(C)OCc1ccccc1CNC(=O)CCCN1C(=O)NC(C)(C)C1=O. The van der Waals surface area contributed by atoms with Gasteiger partial charge in [-0.05, 0) is 45.2 Å². The van der Waals surface area contributed by atoms with Crippen LogP contribution in [0.4, 0.5) is 4.79 Å². The van der Waals surface area contributed by atoms with E-state index in [-0.39, 0.29) is 30.9 Å². The van der Waals surface area contributed by atoms with Gasteiger partial charge in [-0.25, -0.2) is 4.79 Å². The minimum atomic E-state index is -0.874. The molecule has 148 valence electrons. The van der Waals surface area contributed by atoms with Crippen LogP contribution in [0.5, 0.6) is 0 Å². The lowest BCUT2D eigenvalue weighted by molar-refractivity contribution is -0.130. The van der Waals surface area contributed by atoms with Crippen LogP contribution >= 0.6 is 0 Å². The fourth-order valence-electron chi connectivity index (χ4n) is 2.83. The van der Waals surface area contributed by atoms with Crippen molar-refractivity contribution in [3.8, 4) is 0 Å². The average molecular weight is 375 g/mol. The van der Waals surface area contributed by atoms with Crippen LogP contribution in [0.2, 0.25) is 0 Å². The largest absolute Gasteiger partial charge is 0.374 e. The first kappa shape index (κ1) is 20.9. The summed E-state index contributed by atoms with van der Waals surface area (Å²) in [6, 6.07) is 7.44. The summed E-state index contributed by atoms with van der Waals surface area (Å²) in [4.78, 5) is 37.2. The van der Waals surface area contributed by atoms with Gasteiger partial charge in [0.15, 0.2) is 0 Å². The third-order valence-electron chi connectivity index (χ3n) is 4.40. The monoisotopic (exact) mass is 375 g/mol. The Morgan fingerprint density at radius 1 is 1.22 bits per heavy atom. The first-order valence-electron chi connectivity index (χ1n) is 9.30. The third-order valence-corrected chi connectivity index (χ3v) is 4.40. The molecular formula is C20H29N3O4. The zero-order valence-electron chi connectivity index (χ0n) is 16.5. The average Bonchev–Trinajstić information content (AvgIpc) is 2.80. The molecule has 2 rings (SSSR count). The smallest absolute Gasteiger partial charge is 0.325 e. The summed E-state index contributed by atoms with van der Waals surface area (Å²) >= 11 is 0. The normalized spacial score (nSPS) is 16.0. The number of rotatable bonds is 9. The molecule has 0 bridgehead atoms. The van der Waals surface area contributed by atoms with Crippen molar-refractivity contribution in [3.05, 3.63) is 35.4 Å². The zero-order valence-corrected chi connectivity index (χ0v) is 16.5. The Bertz CT molecular complexity index is 700. The number of nitrogens with zero attached hydrogens (tertiary/aromatic N) is 1. The van der Waals surface area contributed by atoms with E-state index in [9.17, 15) is 14.4 Å². The van der Waals surface area contributed by atoms with Crippen LogP contribution in [0.3, 0.4) is 0 Å². The molecular weight excluding hydrogens is 346 g/mol. The number of urea groups is 1. The molecule has 0 aliphatic carbocycles. The molecule has 0 saturated carbocycles. The highest BCUT2D eigenvalue weighted by Crippen LogP contribution is 2.17. The van der Waals surface area contributed by atoms with Crippen molar-refractivity contribution < 1.29 is 19.1 Å². The van der Waals surface area contributed by atoms with E-state index < -0.39 is 11.6 Å². The van der Waals surface area contributed by atoms with E-state index in [1.54, 1.807) is 13.8 Å². The van der Waals surface area contributed by atoms with Gasteiger partial charge in [0.2, 0.25) is 5.91 Å². The van der Waals surface area contributed by atoms with Crippen molar-refractivity contribution in [2.24, 2.45) is 0 Å². The number of benzene rings is 1. The van der Waals surface area contributed by atoms with Crippen LogP contribution in [0, 0.1) is 0 Å². The minimum Gasteiger partial charge on any atom is -0.374 e. The maximum atomic E-state index is 12.1. The molecule has 7 nitrogen and oxygen atoms in total. The molecule has 4 amide bonds. The van der Waals surface area contributed by atoms with Crippen LogP contribution in [0.1, 0.15) is 51.7 Å². The number of nitrogens with one attached hydrogen (secondary N) is 2. The Morgan fingerprint density at radius 3 is 2.48 bits per heavy atom. The van der Waals surface area contributed by atoms with E-state index in [4.69, 9.17) is 4.74 Å². The predicted octanol–water partition coefficient (Wildman–Crippen LogP) is 2.34.